The molecule has 7 heteroatoms. The Morgan fingerprint density at radius 2 is 2.33 bits per heavy atom. The molecule has 0 spiro atoms. The lowest BCUT2D eigenvalue weighted by atomic mass is 9.85. The highest BCUT2D eigenvalue weighted by Gasteiger charge is 2.19. The van der Waals surface area contributed by atoms with Crippen molar-refractivity contribution in [1.29, 1.82) is 0 Å². The Hall–Kier alpha value is -2.02. The molecule has 1 aliphatic carbocycles. The van der Waals surface area contributed by atoms with Crippen molar-refractivity contribution in [3.8, 4) is 0 Å². The van der Waals surface area contributed by atoms with Crippen LogP contribution in [0.3, 0.4) is 0 Å². The van der Waals surface area contributed by atoms with Crippen LogP contribution in [0.4, 0.5) is 10.9 Å². The highest BCUT2D eigenvalue weighted by Crippen LogP contribution is 2.27. The summed E-state index contributed by atoms with van der Waals surface area (Å²) in [5.41, 5.74) is 2.10. The van der Waals surface area contributed by atoms with Gasteiger partial charge in [0.1, 0.15) is 11.3 Å². The molecule has 1 N–H and O–H groups in total. The topological polar surface area (TPSA) is 71.0 Å². The summed E-state index contributed by atoms with van der Waals surface area (Å²) in [5, 5.41) is 10.6. The Morgan fingerprint density at radius 3 is 2.90 bits per heavy atom. The molecule has 0 unspecified atom stereocenters. The van der Waals surface area contributed by atoms with Gasteiger partial charge in [-0.1, -0.05) is 17.8 Å². The second-order valence-electron chi connectivity index (χ2n) is 5.28. The lowest BCUT2D eigenvalue weighted by molar-refractivity contribution is 0.102. The average molecular weight is 303 g/mol. The van der Waals surface area contributed by atoms with Gasteiger partial charge in [-0.15, -0.1) is 10.2 Å². The van der Waals surface area contributed by atoms with E-state index in [1.165, 1.54) is 30.6 Å². The van der Waals surface area contributed by atoms with Gasteiger partial charge in [-0.05, 0) is 30.9 Å². The summed E-state index contributed by atoms with van der Waals surface area (Å²) >= 11 is 1.29. The fourth-order valence-corrected chi connectivity index (χ4v) is 2.74. The first-order valence-electron chi connectivity index (χ1n) is 6.97. The maximum atomic E-state index is 12.0. The van der Waals surface area contributed by atoms with E-state index in [1.54, 1.807) is 17.8 Å². The smallest absolute Gasteiger partial charge is 0.259 e. The number of hydrogen-bond acceptors (Lipinski definition) is 6. The predicted octanol–water partition coefficient (Wildman–Crippen LogP) is 2.42. The number of aromatic nitrogens is 3. The van der Waals surface area contributed by atoms with Crippen molar-refractivity contribution in [3.05, 3.63) is 29.4 Å². The summed E-state index contributed by atoms with van der Waals surface area (Å²) < 4.78 is 0. The number of amides is 1. The molecule has 3 rings (SSSR count). The molecule has 1 saturated carbocycles. The molecular formula is C14H17N5OS. The molecule has 0 radical (unpaired) electrons. The van der Waals surface area contributed by atoms with E-state index in [-0.39, 0.29) is 5.91 Å². The molecule has 0 bridgehead atoms. The van der Waals surface area contributed by atoms with Gasteiger partial charge in [0.2, 0.25) is 5.13 Å². The zero-order valence-corrected chi connectivity index (χ0v) is 12.6. The molecule has 21 heavy (non-hydrogen) atoms. The van der Waals surface area contributed by atoms with Crippen LogP contribution >= 0.6 is 11.3 Å². The van der Waals surface area contributed by atoms with Crippen LogP contribution in [0.1, 0.15) is 29.6 Å². The van der Waals surface area contributed by atoms with Gasteiger partial charge in [-0.2, -0.15) is 0 Å². The van der Waals surface area contributed by atoms with Crippen LogP contribution in [0, 0.1) is 5.92 Å². The van der Waals surface area contributed by atoms with Crippen molar-refractivity contribution in [1.82, 2.24) is 15.2 Å². The van der Waals surface area contributed by atoms with Crippen molar-refractivity contribution in [2.45, 2.75) is 19.3 Å². The van der Waals surface area contributed by atoms with Crippen molar-refractivity contribution >= 4 is 28.2 Å². The molecule has 1 aliphatic rings. The third-order valence-corrected chi connectivity index (χ3v) is 4.35. The SMILES string of the molecule is CN(CC1CCC1)c1ccc(C(=O)Nc2nncs2)cn1. The van der Waals surface area contributed by atoms with E-state index in [0.29, 0.717) is 10.7 Å². The van der Waals surface area contributed by atoms with E-state index in [9.17, 15) is 4.79 Å². The fraction of sp³-hybridized carbons (Fsp3) is 0.429. The maximum absolute atomic E-state index is 12.0. The molecule has 0 aliphatic heterocycles. The van der Waals surface area contributed by atoms with E-state index in [1.807, 2.05) is 13.1 Å². The molecule has 2 aromatic rings. The highest BCUT2D eigenvalue weighted by molar-refractivity contribution is 7.13. The summed E-state index contributed by atoms with van der Waals surface area (Å²) in [6.45, 7) is 1.03. The van der Waals surface area contributed by atoms with Crippen LogP contribution in [-0.4, -0.2) is 34.7 Å². The number of carbonyl (C=O) groups excluding carboxylic acids is 1. The van der Waals surface area contributed by atoms with Gasteiger partial charge in [-0.25, -0.2) is 4.98 Å². The standard InChI is InChI=1S/C14H17N5OS/c1-19(8-10-3-2-4-10)12-6-5-11(7-15-12)13(20)17-14-18-16-9-21-14/h5-7,9-10H,2-4,8H2,1H3,(H,17,18,20). The summed E-state index contributed by atoms with van der Waals surface area (Å²) in [6.07, 6.45) is 5.57. The molecule has 0 aromatic carbocycles. The van der Waals surface area contributed by atoms with Gasteiger partial charge < -0.3 is 4.90 Å². The Morgan fingerprint density at radius 1 is 1.48 bits per heavy atom. The monoisotopic (exact) mass is 303 g/mol. The lowest BCUT2D eigenvalue weighted by Gasteiger charge is -2.30. The summed E-state index contributed by atoms with van der Waals surface area (Å²) in [7, 11) is 2.04. The molecule has 110 valence electrons. The zero-order chi connectivity index (χ0) is 14.7. The summed E-state index contributed by atoms with van der Waals surface area (Å²) in [6, 6.07) is 3.67. The minimum Gasteiger partial charge on any atom is -0.359 e. The molecule has 0 atom stereocenters. The molecule has 0 saturated heterocycles. The van der Waals surface area contributed by atoms with Gasteiger partial charge in [0.15, 0.2) is 0 Å². The Balaban J connectivity index is 1.61. The van der Waals surface area contributed by atoms with Crippen molar-refractivity contribution < 1.29 is 4.79 Å². The van der Waals surface area contributed by atoms with E-state index >= 15 is 0 Å². The molecule has 1 fully saturated rings. The molecular weight excluding hydrogens is 286 g/mol. The van der Waals surface area contributed by atoms with E-state index in [4.69, 9.17) is 0 Å². The minimum absolute atomic E-state index is 0.215. The number of nitrogens with one attached hydrogen (secondary N) is 1. The molecule has 2 heterocycles. The third-order valence-electron chi connectivity index (χ3n) is 3.74. The Labute approximate surface area is 127 Å². The van der Waals surface area contributed by atoms with Crippen LogP contribution in [0.2, 0.25) is 0 Å². The summed E-state index contributed by atoms with van der Waals surface area (Å²) in [4.78, 5) is 18.5. The van der Waals surface area contributed by atoms with Crippen molar-refractivity contribution in [3.63, 3.8) is 0 Å². The molecule has 2 aromatic heterocycles. The van der Waals surface area contributed by atoms with Crippen LogP contribution in [0.25, 0.3) is 0 Å². The zero-order valence-electron chi connectivity index (χ0n) is 11.8. The highest BCUT2D eigenvalue weighted by atomic mass is 32.1. The lowest BCUT2D eigenvalue weighted by Crippen LogP contribution is -2.29. The normalized spacial score (nSPS) is 14.5. The van der Waals surface area contributed by atoms with E-state index < -0.39 is 0 Å². The molecule has 6 nitrogen and oxygen atoms in total. The van der Waals surface area contributed by atoms with Crippen LogP contribution < -0.4 is 10.2 Å². The van der Waals surface area contributed by atoms with Crippen molar-refractivity contribution in [2.75, 3.05) is 23.8 Å². The number of pyridine rings is 1. The first-order valence-corrected chi connectivity index (χ1v) is 7.85. The number of hydrogen-bond donors (Lipinski definition) is 1. The van der Waals surface area contributed by atoms with Gasteiger partial charge in [0.05, 0.1) is 5.56 Å². The van der Waals surface area contributed by atoms with Crippen LogP contribution in [0.15, 0.2) is 23.8 Å². The number of nitrogens with zero attached hydrogens (tertiary/aromatic N) is 4. The average Bonchev–Trinajstić information content (AvgIpc) is 2.95. The quantitative estimate of drug-likeness (QED) is 0.918. The summed E-state index contributed by atoms with van der Waals surface area (Å²) in [5.74, 6) is 1.47. The first-order chi connectivity index (χ1) is 10.2. The Bertz CT molecular complexity index is 594. The van der Waals surface area contributed by atoms with E-state index in [2.05, 4.69) is 25.4 Å². The van der Waals surface area contributed by atoms with Crippen LogP contribution in [-0.2, 0) is 0 Å². The number of anilines is 2. The second-order valence-corrected chi connectivity index (χ2v) is 6.11. The van der Waals surface area contributed by atoms with Gasteiger partial charge in [0, 0.05) is 19.8 Å². The number of carbonyl (C=O) groups is 1. The fourth-order valence-electron chi connectivity index (χ4n) is 2.30. The third kappa shape index (κ3) is 3.36. The van der Waals surface area contributed by atoms with Crippen molar-refractivity contribution in [2.24, 2.45) is 5.92 Å². The predicted molar refractivity (Wildman–Crippen MR) is 82.7 cm³/mol. The largest absolute Gasteiger partial charge is 0.359 e. The second kappa shape index (κ2) is 6.17. The number of rotatable bonds is 5. The minimum atomic E-state index is -0.215. The van der Waals surface area contributed by atoms with Gasteiger partial charge in [-0.3, -0.25) is 10.1 Å². The van der Waals surface area contributed by atoms with E-state index in [0.717, 1.165) is 18.3 Å². The Kier molecular flexibility index (Phi) is 4.10. The van der Waals surface area contributed by atoms with Gasteiger partial charge in [0.25, 0.3) is 5.91 Å². The van der Waals surface area contributed by atoms with Gasteiger partial charge >= 0.3 is 0 Å². The molecule has 1 amide bonds. The first kappa shape index (κ1) is 13.9. The van der Waals surface area contributed by atoms with Crippen LogP contribution in [0.5, 0.6) is 0 Å². The maximum Gasteiger partial charge on any atom is 0.259 e.